The summed E-state index contributed by atoms with van der Waals surface area (Å²) in [7, 11) is -1.31. The Hall–Kier alpha value is -9.82. The van der Waals surface area contributed by atoms with Crippen LogP contribution in [0.3, 0.4) is 0 Å². The molecule has 121 heavy (non-hydrogen) atoms. The molecule has 5 aliphatic carbocycles. The molecule has 650 valence electrons. The fourth-order valence-electron chi connectivity index (χ4n) is 20.4. The molecule has 8 N–H and O–H groups in total. The van der Waals surface area contributed by atoms with Gasteiger partial charge in [-0.25, -0.2) is 24.4 Å². The molecule has 0 radical (unpaired) electrons. The number of aromatic nitrogens is 4. The first-order valence-corrected chi connectivity index (χ1v) is 43.2. The predicted octanol–water partition coefficient (Wildman–Crippen LogP) is 7.03. The summed E-state index contributed by atoms with van der Waals surface area (Å²) >= 11 is 1.39. The summed E-state index contributed by atoms with van der Waals surface area (Å²) in [5.74, 6) is -8.87. The van der Waals surface area contributed by atoms with Gasteiger partial charge in [-0.15, -0.1) is 0 Å². The predicted molar refractivity (Wildman–Crippen MR) is 437 cm³/mol. The molecule has 14 rings (SSSR count). The van der Waals surface area contributed by atoms with E-state index in [9.17, 15) is 86.4 Å². The number of methoxy groups -OCH3 is 2. The van der Waals surface area contributed by atoms with Crippen LogP contribution in [-0.2, 0) is 106 Å². The SMILES string of the molecule is COCCN(CCOC12CC3(C)CC(C)(CC(Cn4ncc(-c5ccc(C6CCc7c(OC)ccc(C(=O)Nc8nc9ccccc9s8)c7C6)nc5C(=O)O)c4C)(C3)C1)C2)C(=O)OCc1ccc(CC(=O)[C@H](C)NC(=O)[C@@H](CC(=O)CN2C(=O)[C@@H](N3C(=O)C=CC3=O)C[C@H]2COCCS(=O)(=O)O)C(C)C)cc1CC[C@@H]1O[C@H](C(=O)O)[C@@H](O)[C@H](O)[C@H]1O. The van der Waals surface area contributed by atoms with Crippen molar-refractivity contribution in [2.24, 2.45) is 28.1 Å². The van der Waals surface area contributed by atoms with Crippen LogP contribution in [-0.4, -0.2) is 252 Å². The molecular weight excluding hydrogens is 1610 g/mol. The minimum absolute atomic E-state index is 0.00551. The lowest BCUT2D eigenvalue weighted by Crippen LogP contribution is -2.64. The maximum Gasteiger partial charge on any atom is 0.410 e. The summed E-state index contributed by atoms with van der Waals surface area (Å²) in [6.45, 7) is 10.8. The van der Waals surface area contributed by atoms with Gasteiger partial charge in [-0.05, 0) is 171 Å². The number of benzene rings is 3. The third-order valence-electron chi connectivity index (χ3n) is 25.1. The molecule has 6 amide bonds. The number of carboxylic acids is 2. The number of amides is 6. The van der Waals surface area contributed by atoms with Gasteiger partial charge >= 0.3 is 18.0 Å². The van der Waals surface area contributed by atoms with Crippen LogP contribution >= 0.6 is 11.3 Å². The zero-order valence-corrected chi connectivity index (χ0v) is 70.5. The van der Waals surface area contributed by atoms with Crippen LogP contribution in [0.25, 0.3) is 21.3 Å². The number of aliphatic hydroxyl groups is 3. The number of ether oxygens (including phenoxy) is 6. The Morgan fingerprint density at radius 2 is 1.55 bits per heavy atom. The summed E-state index contributed by atoms with van der Waals surface area (Å²) in [6, 6.07) is 16.5. The number of aryl methyl sites for hydroxylation is 1. The second-order valence-corrected chi connectivity index (χ2v) is 37.4. The number of anilines is 1. The number of ketones is 2. The number of nitrogens with zero attached hydrogens (tertiary/aromatic N) is 7. The molecular formula is C86H105N9O24S2. The number of likely N-dealkylation sites (tertiary alicyclic amines) is 1. The second kappa shape index (κ2) is 36.3. The van der Waals surface area contributed by atoms with Gasteiger partial charge < -0.3 is 69.1 Å². The number of hydrogen-bond donors (Lipinski definition) is 8. The van der Waals surface area contributed by atoms with Gasteiger partial charge in [0.15, 0.2) is 28.5 Å². The summed E-state index contributed by atoms with van der Waals surface area (Å²) in [6.07, 6.45) is 0.0152. The summed E-state index contributed by atoms with van der Waals surface area (Å²) in [5, 5.41) is 64.3. The first-order valence-electron chi connectivity index (χ1n) is 40.8. The van der Waals surface area contributed by atoms with Crippen LogP contribution in [0.5, 0.6) is 5.75 Å². The van der Waals surface area contributed by atoms with E-state index in [-0.39, 0.29) is 99.0 Å². The Kier molecular flexibility index (Phi) is 26.7. The number of aliphatic carboxylic acids is 1. The van der Waals surface area contributed by atoms with E-state index in [1.54, 1.807) is 57.5 Å². The number of pyridine rings is 1. The number of nitrogens with one attached hydrogen (secondary N) is 2. The highest BCUT2D eigenvalue weighted by atomic mass is 32.2. The number of fused-ring (bicyclic) bond motifs is 2. The summed E-state index contributed by atoms with van der Waals surface area (Å²) in [5.41, 5.74) is 5.60. The van der Waals surface area contributed by atoms with E-state index in [0.717, 1.165) is 81.1 Å². The number of imide groups is 1. The lowest BCUT2D eigenvalue weighted by atomic mass is 9.39. The van der Waals surface area contributed by atoms with Gasteiger partial charge in [-0.2, -0.15) is 13.5 Å². The molecule has 8 aliphatic rings. The van der Waals surface area contributed by atoms with Crippen molar-refractivity contribution in [1.29, 1.82) is 0 Å². The summed E-state index contributed by atoms with van der Waals surface area (Å²) in [4.78, 5) is 148. The monoisotopic (exact) mass is 1710 g/mol. The van der Waals surface area contributed by atoms with Crippen molar-refractivity contribution < 1.29 is 115 Å². The van der Waals surface area contributed by atoms with E-state index in [0.29, 0.717) is 82.2 Å². The zero-order valence-electron chi connectivity index (χ0n) is 68.9. The molecule has 6 fully saturated rings. The van der Waals surface area contributed by atoms with Crippen LogP contribution in [0, 0.1) is 35.0 Å². The number of Topliss-reactive ketones (excluding diaryl/α,β-unsaturated/α-hetero) is 2. The zero-order chi connectivity index (χ0) is 86.9. The minimum atomic E-state index is -4.41. The van der Waals surface area contributed by atoms with Gasteiger partial charge in [0.2, 0.25) is 11.8 Å². The van der Waals surface area contributed by atoms with Crippen LogP contribution in [0.15, 0.2) is 85.1 Å². The minimum Gasteiger partial charge on any atom is -0.496 e. The number of hydrogen-bond acceptors (Lipinski definition) is 25. The van der Waals surface area contributed by atoms with Gasteiger partial charge in [0, 0.05) is 98.1 Å². The largest absolute Gasteiger partial charge is 0.496 e. The Bertz CT molecular complexity index is 5090. The fraction of sp³-hybridized carbons (Fsp3) is 0.547. The highest BCUT2D eigenvalue weighted by Crippen LogP contribution is 2.72. The van der Waals surface area contributed by atoms with E-state index in [1.165, 1.54) is 30.3 Å². The molecule has 3 aliphatic heterocycles. The van der Waals surface area contributed by atoms with Crippen LogP contribution in [0.1, 0.15) is 165 Å². The number of aliphatic hydroxyl groups excluding tert-OH is 3. The quantitative estimate of drug-likeness (QED) is 0.0110. The number of rotatable bonds is 37. The van der Waals surface area contributed by atoms with Gasteiger partial charge in [0.25, 0.3) is 27.8 Å². The highest BCUT2D eigenvalue weighted by molar-refractivity contribution is 7.85. The molecule has 6 heterocycles. The van der Waals surface area contributed by atoms with Crippen molar-refractivity contribution in [2.75, 3.05) is 71.4 Å². The first kappa shape index (κ1) is 89.0. The first-order chi connectivity index (χ1) is 57.4. The molecule has 33 nitrogen and oxygen atoms in total. The molecule has 12 atom stereocenters. The standard InChI is InChI=1S/C86H105N9O24S2/c1-47(2)59(35-55(96)37-93-54(39-116-29-30-121(111,112)113)34-64(78(93)105)95-69(98)23-24-70(95)99)77(104)88-48(3)65(97)32-50-13-14-53(51(31-50)16-21-67-72(100)73(101)74(102)75(119-67)80(108)109)38-117-82(110)92(25-27-114-7)26-28-118-86-43-83(5)40-84(6,44-86)42-85(41-83,45-86)46-94-49(4)61(36-87-94)57-18-20-62(89-71(57)79(106)107)52-15-17-56-60(33-52)58(19-22-66(56)115-8)76(103)91-81-90-63-11-9-10-12-68(63)120-81/h9-14,18-20,22-24,31,36,47-48,52,54,59,64,67,72-75,100-102H,15-17,21,25-30,32-35,37-46H2,1-8H3,(H,88,104)(H,106,107)(H,108,109)(H,90,91,103)(H,111,112,113)/t48-,52?,54-,59-,64-,67-,72-,73+,74-,75-,83?,84?,85?,86?/m0/s1. The molecule has 3 aromatic heterocycles. The average molecular weight is 1710 g/mol. The van der Waals surface area contributed by atoms with Crippen molar-refractivity contribution in [2.45, 2.75) is 205 Å². The van der Waals surface area contributed by atoms with Crippen molar-refractivity contribution in [3.63, 3.8) is 0 Å². The number of aromatic carboxylic acids is 1. The molecule has 4 bridgehead atoms. The van der Waals surface area contributed by atoms with E-state index in [4.69, 9.17) is 38.5 Å². The molecule has 3 unspecified atom stereocenters. The number of thiazole rings is 1. The molecule has 35 heteroatoms. The third kappa shape index (κ3) is 19.8. The number of carboxylic acid groups (broad SMARTS) is 2. The van der Waals surface area contributed by atoms with Crippen LogP contribution in [0.2, 0.25) is 0 Å². The number of para-hydroxylation sites is 1. The Balaban J connectivity index is 0.658. The maximum atomic E-state index is 14.5. The van der Waals surface area contributed by atoms with Gasteiger partial charge in [-0.1, -0.05) is 69.4 Å². The van der Waals surface area contributed by atoms with Crippen LogP contribution < -0.4 is 15.4 Å². The van der Waals surface area contributed by atoms with Crippen LogP contribution in [0.4, 0.5) is 9.93 Å². The van der Waals surface area contributed by atoms with E-state index < -0.39 is 155 Å². The fourth-order valence-corrected chi connectivity index (χ4v) is 21.6. The molecule has 6 aromatic rings. The molecule has 2 saturated heterocycles. The Labute approximate surface area is 703 Å². The maximum absolute atomic E-state index is 14.5. The van der Waals surface area contributed by atoms with Crippen molar-refractivity contribution in [1.82, 2.24) is 39.8 Å². The van der Waals surface area contributed by atoms with E-state index >= 15 is 0 Å². The van der Waals surface area contributed by atoms with Crippen molar-refractivity contribution in [3.05, 3.63) is 136 Å². The molecule has 0 spiro atoms. The smallest absolute Gasteiger partial charge is 0.410 e. The van der Waals surface area contributed by atoms with Gasteiger partial charge in [0.1, 0.15) is 36.7 Å². The summed E-state index contributed by atoms with van der Waals surface area (Å²) < 4.78 is 70.5. The van der Waals surface area contributed by atoms with Crippen molar-refractivity contribution >= 4 is 95.9 Å². The average Bonchev–Trinajstić information content (AvgIpc) is 0.770. The Morgan fingerprint density at radius 1 is 0.818 bits per heavy atom. The highest BCUT2D eigenvalue weighted by Gasteiger charge is 2.66. The second-order valence-electron chi connectivity index (χ2n) is 34.8. The topological polar surface area (TPSA) is 459 Å². The Morgan fingerprint density at radius 3 is 2.23 bits per heavy atom. The third-order valence-corrected chi connectivity index (χ3v) is 26.7. The lowest BCUT2D eigenvalue weighted by molar-refractivity contribution is -0.248. The molecule has 4 saturated carbocycles. The van der Waals surface area contributed by atoms with Gasteiger partial charge in [-0.3, -0.25) is 53.0 Å². The van der Waals surface area contributed by atoms with Crippen molar-refractivity contribution in [3.8, 4) is 16.9 Å². The lowest BCUT2D eigenvalue weighted by Gasteiger charge is -2.69. The number of carbonyl (C=O) groups is 10. The normalized spacial score (nSPS) is 26.0. The number of carbonyl (C=O) groups excluding carboxylic acids is 8. The molecule has 3 aromatic carbocycles. The van der Waals surface area contributed by atoms with E-state index in [1.807, 2.05) is 48.0 Å². The van der Waals surface area contributed by atoms with E-state index in [2.05, 4.69) is 29.5 Å². The van der Waals surface area contributed by atoms with Gasteiger partial charge in [0.05, 0.1) is 86.0 Å².